The van der Waals surface area contributed by atoms with E-state index in [1.165, 1.54) is 65.1 Å². The molecule has 0 atom stereocenters. The van der Waals surface area contributed by atoms with Gasteiger partial charge in [-0.05, 0) is 146 Å². The summed E-state index contributed by atoms with van der Waals surface area (Å²) in [6, 6.07) is 78.6. The molecule has 0 fully saturated rings. The van der Waals surface area contributed by atoms with Crippen molar-refractivity contribution in [1.29, 1.82) is 0 Å². The number of hydrogen-bond donors (Lipinski definition) is 0. The molecule has 11 aromatic carbocycles. The molecule has 0 radical (unpaired) electrons. The molecule has 3 heterocycles. The zero-order valence-corrected chi connectivity index (χ0v) is 34.5. The van der Waals surface area contributed by atoms with Crippen LogP contribution in [0.4, 0.5) is 17.1 Å². The molecule has 64 heavy (non-hydrogen) atoms. The van der Waals surface area contributed by atoms with Crippen molar-refractivity contribution >= 4 is 93.1 Å². The highest BCUT2D eigenvalue weighted by atomic mass is 16.5. The van der Waals surface area contributed by atoms with Gasteiger partial charge in [0.15, 0.2) is 11.5 Å². The highest BCUT2D eigenvalue weighted by Gasteiger charge is 2.26. The number of furan rings is 1. The highest BCUT2D eigenvalue weighted by molar-refractivity contribution is 6.21. The van der Waals surface area contributed by atoms with E-state index in [-0.39, 0.29) is 0 Å². The van der Waals surface area contributed by atoms with Crippen LogP contribution in [0.5, 0.6) is 11.5 Å². The minimum atomic E-state index is 0.821. The predicted octanol–water partition coefficient (Wildman–Crippen LogP) is 17.1. The first-order valence-corrected chi connectivity index (χ1v) is 21.8. The Bertz CT molecular complexity index is 4060. The van der Waals surface area contributed by atoms with Crippen LogP contribution in [-0.4, -0.2) is 4.57 Å². The van der Waals surface area contributed by atoms with E-state index in [2.05, 4.69) is 210 Å². The Morgan fingerprint density at radius 2 is 1.03 bits per heavy atom. The van der Waals surface area contributed by atoms with Crippen LogP contribution in [0, 0.1) is 0 Å². The zero-order chi connectivity index (χ0) is 41.9. The van der Waals surface area contributed by atoms with E-state index < -0.39 is 0 Å². The summed E-state index contributed by atoms with van der Waals surface area (Å²) in [4.78, 5) is 2.31. The number of anilines is 3. The Balaban J connectivity index is 0.861. The molecular weight excluding hydrogens is 781 g/mol. The Kier molecular flexibility index (Phi) is 7.36. The molecule has 0 saturated carbocycles. The molecule has 0 spiro atoms. The van der Waals surface area contributed by atoms with Crippen molar-refractivity contribution in [3.8, 4) is 39.4 Å². The topological polar surface area (TPSA) is 30.5 Å². The second-order valence-corrected chi connectivity index (χ2v) is 16.9. The molecule has 0 unspecified atom stereocenters. The van der Waals surface area contributed by atoms with E-state index in [9.17, 15) is 0 Å². The highest BCUT2D eigenvalue weighted by Crippen LogP contribution is 2.52. The van der Waals surface area contributed by atoms with Gasteiger partial charge in [0.2, 0.25) is 0 Å². The van der Waals surface area contributed by atoms with Gasteiger partial charge in [0, 0.05) is 32.9 Å². The maximum absolute atomic E-state index is 6.70. The van der Waals surface area contributed by atoms with Gasteiger partial charge < -0.3 is 18.6 Å². The van der Waals surface area contributed by atoms with Gasteiger partial charge in [0.1, 0.15) is 11.2 Å². The van der Waals surface area contributed by atoms with Gasteiger partial charge in [-0.25, -0.2) is 0 Å². The third-order valence-electron chi connectivity index (χ3n) is 13.3. The number of hydrogen-bond acceptors (Lipinski definition) is 3. The largest absolute Gasteiger partial charge is 0.456 e. The average molecular weight is 817 g/mol. The van der Waals surface area contributed by atoms with Gasteiger partial charge in [0.25, 0.3) is 0 Å². The molecule has 0 bridgehead atoms. The number of fused-ring (bicyclic) bond motifs is 12. The van der Waals surface area contributed by atoms with Crippen molar-refractivity contribution in [2.75, 3.05) is 4.90 Å². The number of benzene rings is 11. The van der Waals surface area contributed by atoms with Gasteiger partial charge in [-0.1, -0.05) is 127 Å². The fourth-order valence-electron chi connectivity index (χ4n) is 10.3. The Morgan fingerprint density at radius 3 is 1.97 bits per heavy atom. The molecule has 13 aromatic rings. The Morgan fingerprint density at radius 1 is 0.328 bits per heavy atom. The van der Waals surface area contributed by atoms with Crippen molar-refractivity contribution in [3.63, 3.8) is 0 Å². The summed E-state index contributed by atoms with van der Waals surface area (Å²) in [5, 5.41) is 12.0. The van der Waals surface area contributed by atoms with Gasteiger partial charge in [-0.3, -0.25) is 0 Å². The smallest absolute Gasteiger partial charge is 0.152 e. The molecule has 1 aliphatic heterocycles. The Hall–Kier alpha value is -8.60. The standard InChI is InChI=1S/C60H36N2O2/c1-2-12-46-37(10-1)11-9-15-47(46)38-20-26-44(27-21-38)61-54-17-6-8-19-57(54)64-59-36-41(24-30-55(59)61)40-23-29-53-51(34-40)48-13-3-5-16-52(48)62(53)45-28-22-39-32-42-25-31-58-60(50(42)35-43(39)33-45)49-14-4-7-18-56(49)63-58/h1-36H. The molecule has 4 nitrogen and oxygen atoms in total. The molecule has 0 aliphatic carbocycles. The molecule has 14 rings (SSSR count). The first kappa shape index (κ1) is 35.0. The van der Waals surface area contributed by atoms with E-state index in [1.54, 1.807) is 0 Å². The molecule has 0 N–H and O–H groups in total. The molecule has 4 heteroatoms. The summed E-state index contributed by atoms with van der Waals surface area (Å²) in [5.74, 6) is 1.65. The second kappa shape index (κ2) is 13.4. The van der Waals surface area contributed by atoms with Crippen molar-refractivity contribution in [1.82, 2.24) is 4.57 Å². The van der Waals surface area contributed by atoms with Crippen LogP contribution in [0.1, 0.15) is 0 Å². The molecule has 1 aliphatic rings. The lowest BCUT2D eigenvalue weighted by molar-refractivity contribution is 0.477. The van der Waals surface area contributed by atoms with E-state index in [1.807, 2.05) is 18.2 Å². The number of nitrogens with zero attached hydrogens (tertiary/aromatic N) is 2. The lowest BCUT2D eigenvalue weighted by Gasteiger charge is -2.33. The maximum atomic E-state index is 6.70. The average Bonchev–Trinajstić information content (AvgIpc) is 3.90. The normalized spacial score (nSPS) is 12.5. The summed E-state index contributed by atoms with van der Waals surface area (Å²) in [7, 11) is 0. The van der Waals surface area contributed by atoms with Crippen molar-refractivity contribution in [2.45, 2.75) is 0 Å². The van der Waals surface area contributed by atoms with E-state index in [4.69, 9.17) is 9.15 Å². The van der Waals surface area contributed by atoms with Gasteiger partial charge in [0.05, 0.1) is 22.4 Å². The van der Waals surface area contributed by atoms with Gasteiger partial charge in [-0.15, -0.1) is 0 Å². The van der Waals surface area contributed by atoms with E-state index >= 15 is 0 Å². The fourth-order valence-corrected chi connectivity index (χ4v) is 10.3. The van der Waals surface area contributed by atoms with Crippen molar-refractivity contribution in [3.05, 3.63) is 218 Å². The summed E-state index contributed by atoms with van der Waals surface area (Å²) in [5.41, 5.74) is 13.0. The number of para-hydroxylation sites is 4. The predicted molar refractivity (Wildman–Crippen MR) is 266 cm³/mol. The lowest BCUT2D eigenvalue weighted by atomic mass is 9.98. The van der Waals surface area contributed by atoms with Crippen LogP contribution < -0.4 is 9.64 Å². The van der Waals surface area contributed by atoms with Crippen LogP contribution in [0.15, 0.2) is 223 Å². The summed E-state index contributed by atoms with van der Waals surface area (Å²) in [6.07, 6.45) is 0. The fraction of sp³-hybridized carbons (Fsp3) is 0. The number of ether oxygens (including phenoxy) is 1. The minimum Gasteiger partial charge on any atom is -0.456 e. The second-order valence-electron chi connectivity index (χ2n) is 16.9. The minimum absolute atomic E-state index is 0.821. The molecule has 298 valence electrons. The lowest BCUT2D eigenvalue weighted by Crippen LogP contribution is -2.15. The zero-order valence-electron chi connectivity index (χ0n) is 34.5. The van der Waals surface area contributed by atoms with Gasteiger partial charge >= 0.3 is 0 Å². The Labute approximate surface area is 368 Å². The quantitative estimate of drug-likeness (QED) is 0.166. The van der Waals surface area contributed by atoms with Crippen molar-refractivity contribution in [2.24, 2.45) is 0 Å². The van der Waals surface area contributed by atoms with Crippen LogP contribution >= 0.6 is 0 Å². The first-order valence-electron chi connectivity index (χ1n) is 21.8. The number of aromatic nitrogens is 1. The van der Waals surface area contributed by atoms with Gasteiger partial charge in [-0.2, -0.15) is 0 Å². The van der Waals surface area contributed by atoms with Crippen LogP contribution in [-0.2, 0) is 0 Å². The van der Waals surface area contributed by atoms with Crippen LogP contribution in [0.2, 0.25) is 0 Å². The number of rotatable bonds is 4. The third kappa shape index (κ3) is 5.23. The van der Waals surface area contributed by atoms with Crippen molar-refractivity contribution < 1.29 is 9.15 Å². The summed E-state index contributed by atoms with van der Waals surface area (Å²) < 4.78 is 15.4. The monoisotopic (exact) mass is 816 g/mol. The SMILES string of the molecule is c1ccc2c(c1)Oc1cc(-c3ccc4c(c3)c3ccccc3n4-c3ccc4cc5ccc6oc7ccccc7c6c5cc4c3)ccc1N2c1ccc(-c2cccc3ccccc23)cc1. The molecule has 0 amide bonds. The third-order valence-corrected chi connectivity index (χ3v) is 13.3. The molecule has 2 aromatic heterocycles. The first-order chi connectivity index (χ1) is 31.7. The van der Waals surface area contributed by atoms with E-state index in [0.29, 0.717) is 0 Å². The summed E-state index contributed by atoms with van der Waals surface area (Å²) in [6.45, 7) is 0. The summed E-state index contributed by atoms with van der Waals surface area (Å²) >= 11 is 0. The molecular formula is C60H36N2O2. The molecule has 0 saturated heterocycles. The van der Waals surface area contributed by atoms with Crippen LogP contribution in [0.25, 0.3) is 104 Å². The maximum Gasteiger partial charge on any atom is 0.152 e. The van der Waals surface area contributed by atoms with Crippen LogP contribution in [0.3, 0.4) is 0 Å². The van der Waals surface area contributed by atoms with E-state index in [0.717, 1.165) is 67.4 Å².